The molecule has 0 unspecified atom stereocenters. The van der Waals surface area contributed by atoms with Gasteiger partial charge in [-0.15, -0.1) is 0 Å². The number of nitrogens with zero attached hydrogens (tertiary/aromatic N) is 1. The topological polar surface area (TPSA) is 23.8 Å². The number of halogens is 2. The zero-order valence-electron chi connectivity index (χ0n) is 4.90. The normalized spacial score (nSPS) is 24.6. The standard InChI is InChI=1S/C6H7F2N/c7-6(8)3-5(4-6)1-2-9/h5H,1,3-4H2. The van der Waals surface area contributed by atoms with Crippen LogP contribution < -0.4 is 0 Å². The van der Waals surface area contributed by atoms with Crippen molar-refractivity contribution in [3.8, 4) is 6.07 Å². The highest BCUT2D eigenvalue weighted by Crippen LogP contribution is 2.43. The fourth-order valence-electron chi connectivity index (χ4n) is 1.06. The maximum Gasteiger partial charge on any atom is 0.248 e. The first-order chi connectivity index (χ1) is 4.14. The van der Waals surface area contributed by atoms with Crippen LogP contribution in [0.1, 0.15) is 19.3 Å². The van der Waals surface area contributed by atoms with Crippen molar-refractivity contribution in [2.45, 2.75) is 25.2 Å². The Morgan fingerprint density at radius 1 is 1.56 bits per heavy atom. The van der Waals surface area contributed by atoms with E-state index < -0.39 is 5.92 Å². The molecule has 1 fully saturated rings. The lowest BCUT2D eigenvalue weighted by atomic mass is 9.80. The molecule has 0 aromatic heterocycles. The third-order valence-electron chi connectivity index (χ3n) is 1.55. The molecule has 1 nitrogen and oxygen atoms in total. The average molecular weight is 131 g/mol. The molecular weight excluding hydrogens is 124 g/mol. The molecule has 0 N–H and O–H groups in total. The summed E-state index contributed by atoms with van der Waals surface area (Å²) >= 11 is 0. The molecule has 0 aromatic carbocycles. The Morgan fingerprint density at radius 3 is 2.44 bits per heavy atom. The van der Waals surface area contributed by atoms with Gasteiger partial charge in [0.05, 0.1) is 6.07 Å². The van der Waals surface area contributed by atoms with Gasteiger partial charge in [-0.05, 0) is 5.92 Å². The predicted molar refractivity (Wildman–Crippen MR) is 27.9 cm³/mol. The van der Waals surface area contributed by atoms with E-state index in [1.807, 2.05) is 6.07 Å². The van der Waals surface area contributed by atoms with E-state index in [-0.39, 0.29) is 25.2 Å². The predicted octanol–water partition coefficient (Wildman–Crippen LogP) is 1.95. The minimum Gasteiger partial charge on any atom is -0.207 e. The summed E-state index contributed by atoms with van der Waals surface area (Å²) in [6.45, 7) is 0. The van der Waals surface area contributed by atoms with Crippen molar-refractivity contribution in [3.63, 3.8) is 0 Å². The monoisotopic (exact) mass is 131 g/mol. The van der Waals surface area contributed by atoms with Crippen molar-refractivity contribution < 1.29 is 8.78 Å². The van der Waals surface area contributed by atoms with Crippen LogP contribution in [0.2, 0.25) is 0 Å². The van der Waals surface area contributed by atoms with Crippen LogP contribution in [-0.2, 0) is 0 Å². The van der Waals surface area contributed by atoms with Crippen molar-refractivity contribution in [2.24, 2.45) is 5.92 Å². The van der Waals surface area contributed by atoms with Gasteiger partial charge in [0.1, 0.15) is 0 Å². The molecule has 1 aliphatic carbocycles. The molecule has 0 spiro atoms. The lowest BCUT2D eigenvalue weighted by Crippen LogP contribution is -2.34. The van der Waals surface area contributed by atoms with Crippen molar-refractivity contribution in [2.75, 3.05) is 0 Å². The van der Waals surface area contributed by atoms with Crippen LogP contribution in [0.15, 0.2) is 0 Å². The molecule has 50 valence electrons. The molecule has 0 amide bonds. The average Bonchev–Trinajstić information content (AvgIpc) is 1.62. The van der Waals surface area contributed by atoms with Crippen LogP contribution in [0.3, 0.4) is 0 Å². The zero-order chi connectivity index (χ0) is 6.91. The second-order valence-corrected chi connectivity index (χ2v) is 2.49. The molecule has 0 saturated heterocycles. The van der Waals surface area contributed by atoms with Gasteiger partial charge in [-0.2, -0.15) is 5.26 Å². The zero-order valence-corrected chi connectivity index (χ0v) is 4.90. The molecular formula is C6H7F2N. The Balaban J connectivity index is 2.21. The molecule has 0 heterocycles. The van der Waals surface area contributed by atoms with Crippen LogP contribution in [-0.4, -0.2) is 5.92 Å². The molecule has 0 radical (unpaired) electrons. The maximum absolute atomic E-state index is 12.0. The molecule has 0 bridgehead atoms. The SMILES string of the molecule is N#CCC1CC(F)(F)C1. The van der Waals surface area contributed by atoms with Crippen molar-refractivity contribution in [1.29, 1.82) is 5.26 Å². The van der Waals surface area contributed by atoms with Crippen LogP contribution in [0, 0.1) is 17.2 Å². The first-order valence-corrected chi connectivity index (χ1v) is 2.89. The van der Waals surface area contributed by atoms with Gasteiger partial charge in [-0.25, -0.2) is 8.78 Å². The van der Waals surface area contributed by atoms with Crippen LogP contribution in [0.25, 0.3) is 0 Å². The second kappa shape index (κ2) is 1.94. The summed E-state index contributed by atoms with van der Waals surface area (Å²) in [6, 6.07) is 1.87. The summed E-state index contributed by atoms with van der Waals surface area (Å²) < 4.78 is 24.0. The van der Waals surface area contributed by atoms with Gasteiger partial charge in [0.15, 0.2) is 0 Å². The third-order valence-corrected chi connectivity index (χ3v) is 1.55. The van der Waals surface area contributed by atoms with Gasteiger partial charge < -0.3 is 0 Å². The summed E-state index contributed by atoms with van der Waals surface area (Å²) in [7, 11) is 0. The molecule has 0 atom stereocenters. The largest absolute Gasteiger partial charge is 0.248 e. The summed E-state index contributed by atoms with van der Waals surface area (Å²) in [6.07, 6.45) is 0.122. The number of nitriles is 1. The summed E-state index contributed by atoms with van der Waals surface area (Å²) in [5.41, 5.74) is 0. The van der Waals surface area contributed by atoms with E-state index >= 15 is 0 Å². The highest BCUT2D eigenvalue weighted by molar-refractivity contribution is 4.90. The minimum atomic E-state index is -2.46. The summed E-state index contributed by atoms with van der Waals surface area (Å²) in [5.74, 6) is -2.49. The van der Waals surface area contributed by atoms with Crippen LogP contribution in [0.5, 0.6) is 0 Å². The minimum absolute atomic E-state index is 0.0370. The molecule has 1 aliphatic rings. The highest BCUT2D eigenvalue weighted by atomic mass is 19.3. The highest BCUT2D eigenvalue weighted by Gasteiger charge is 2.44. The van der Waals surface area contributed by atoms with Gasteiger partial charge in [0.25, 0.3) is 0 Å². The van der Waals surface area contributed by atoms with Crippen molar-refractivity contribution in [1.82, 2.24) is 0 Å². The molecule has 0 aromatic rings. The van der Waals surface area contributed by atoms with Crippen LogP contribution >= 0.6 is 0 Å². The molecule has 1 saturated carbocycles. The van der Waals surface area contributed by atoms with Gasteiger partial charge >= 0.3 is 0 Å². The summed E-state index contributed by atoms with van der Waals surface area (Å²) in [5, 5.41) is 8.08. The van der Waals surface area contributed by atoms with E-state index in [9.17, 15) is 8.78 Å². The van der Waals surface area contributed by atoms with Gasteiger partial charge in [-0.1, -0.05) is 0 Å². The quantitative estimate of drug-likeness (QED) is 0.533. The van der Waals surface area contributed by atoms with E-state index in [1.54, 1.807) is 0 Å². The molecule has 9 heavy (non-hydrogen) atoms. The first-order valence-electron chi connectivity index (χ1n) is 2.89. The Hall–Kier alpha value is -0.650. The van der Waals surface area contributed by atoms with E-state index in [1.165, 1.54) is 0 Å². The second-order valence-electron chi connectivity index (χ2n) is 2.49. The smallest absolute Gasteiger partial charge is 0.207 e. The number of hydrogen-bond acceptors (Lipinski definition) is 1. The summed E-state index contributed by atoms with van der Waals surface area (Å²) in [4.78, 5) is 0. The lowest BCUT2D eigenvalue weighted by molar-refractivity contribution is -0.108. The van der Waals surface area contributed by atoms with Gasteiger partial charge in [0.2, 0.25) is 5.92 Å². The fraction of sp³-hybridized carbons (Fsp3) is 0.833. The van der Waals surface area contributed by atoms with E-state index in [4.69, 9.17) is 5.26 Å². The van der Waals surface area contributed by atoms with Crippen molar-refractivity contribution >= 4 is 0 Å². The number of alkyl halides is 2. The van der Waals surface area contributed by atoms with Gasteiger partial charge in [-0.3, -0.25) is 0 Å². The number of hydrogen-bond donors (Lipinski definition) is 0. The third kappa shape index (κ3) is 1.38. The Kier molecular flexibility index (Phi) is 1.40. The Bertz CT molecular complexity index is 140. The lowest BCUT2D eigenvalue weighted by Gasteiger charge is -2.33. The Morgan fingerprint density at radius 2 is 2.11 bits per heavy atom. The van der Waals surface area contributed by atoms with E-state index in [2.05, 4.69) is 0 Å². The molecule has 1 rings (SSSR count). The van der Waals surface area contributed by atoms with Crippen molar-refractivity contribution in [3.05, 3.63) is 0 Å². The first kappa shape index (κ1) is 6.47. The van der Waals surface area contributed by atoms with E-state index in [0.29, 0.717) is 0 Å². The van der Waals surface area contributed by atoms with Crippen LogP contribution in [0.4, 0.5) is 8.78 Å². The molecule has 0 aliphatic heterocycles. The molecule has 3 heteroatoms. The maximum atomic E-state index is 12.0. The van der Waals surface area contributed by atoms with Gasteiger partial charge in [0, 0.05) is 19.3 Å². The fourth-order valence-corrected chi connectivity index (χ4v) is 1.06. The Labute approximate surface area is 52.3 Å². The van der Waals surface area contributed by atoms with E-state index in [0.717, 1.165) is 0 Å². The number of rotatable bonds is 1.